The molecule has 0 aromatic heterocycles. The van der Waals surface area contributed by atoms with Crippen molar-refractivity contribution in [3.8, 4) is 0 Å². The summed E-state index contributed by atoms with van der Waals surface area (Å²) in [6, 6.07) is 8.68. The van der Waals surface area contributed by atoms with Gasteiger partial charge in [-0.3, -0.25) is 9.59 Å². The molecule has 1 fully saturated rings. The monoisotopic (exact) mass is 586 g/mol. The van der Waals surface area contributed by atoms with Crippen LogP contribution in [-0.4, -0.2) is 46.7 Å². The van der Waals surface area contributed by atoms with Gasteiger partial charge in [0.1, 0.15) is 17.0 Å². The molecular formula is C28H34Cl3FN2O4. The molecule has 0 unspecified atom stereocenters. The average Bonchev–Trinajstić information content (AvgIpc) is 3.33. The van der Waals surface area contributed by atoms with E-state index in [1.54, 1.807) is 18.2 Å². The Hall–Kier alpha value is -1.74. The maximum atomic E-state index is 14.9. The lowest BCUT2D eigenvalue weighted by Gasteiger charge is -2.35. The van der Waals surface area contributed by atoms with Crippen LogP contribution in [0.5, 0.6) is 0 Å². The third-order valence-corrected chi connectivity index (χ3v) is 8.17. The van der Waals surface area contributed by atoms with Crippen molar-refractivity contribution < 1.29 is 24.2 Å². The molecule has 0 radical (unpaired) electrons. The largest absolute Gasteiger partial charge is 0.394 e. The van der Waals surface area contributed by atoms with Gasteiger partial charge in [0.2, 0.25) is 5.91 Å². The Bertz CT molecular complexity index is 1180. The third-order valence-electron chi connectivity index (χ3n) is 7.64. The molecule has 10 heteroatoms. The van der Waals surface area contributed by atoms with E-state index in [9.17, 15) is 19.1 Å². The predicted molar refractivity (Wildman–Crippen MR) is 150 cm³/mol. The van der Waals surface area contributed by atoms with E-state index in [0.29, 0.717) is 40.6 Å². The lowest BCUT2D eigenvalue weighted by atomic mass is 9.63. The molecule has 2 aliphatic heterocycles. The van der Waals surface area contributed by atoms with Gasteiger partial charge in [0.05, 0.1) is 23.8 Å². The standard InChI is InChI=1S/C28H33Cl2FN2O4.ClH/c1-15(2)9-10-24-28(19-12-21(31)20(30)13-22(19)32-27(28)37)25(16-5-3-6-17(29)11-16)26(33-24)23(36)8-4-7-18(35)14-34;/h3,5-6,11-13,15,18,24-26,33-35H,4,7-10,14H2,1-2H3,(H,32,37);1H/t18-,24+,25-,26-,28-;/m0./s1. The number of hydrogen-bond acceptors (Lipinski definition) is 5. The van der Waals surface area contributed by atoms with Crippen LogP contribution in [-0.2, 0) is 15.0 Å². The van der Waals surface area contributed by atoms with Gasteiger partial charge in [-0.2, -0.15) is 0 Å². The second-order valence-electron chi connectivity index (χ2n) is 10.5. The van der Waals surface area contributed by atoms with Crippen molar-refractivity contribution in [2.45, 2.75) is 75.5 Å². The fourth-order valence-corrected chi connectivity index (χ4v) is 6.29. The van der Waals surface area contributed by atoms with Crippen LogP contribution in [0.2, 0.25) is 10.0 Å². The molecule has 38 heavy (non-hydrogen) atoms. The molecule has 1 amide bonds. The number of amides is 1. The summed E-state index contributed by atoms with van der Waals surface area (Å²) in [6.07, 6.45) is 1.33. The zero-order valence-corrected chi connectivity index (χ0v) is 23.7. The van der Waals surface area contributed by atoms with Crippen LogP contribution >= 0.6 is 35.6 Å². The maximum absolute atomic E-state index is 14.9. The van der Waals surface area contributed by atoms with Gasteiger partial charge < -0.3 is 20.8 Å². The Morgan fingerprint density at radius 3 is 2.58 bits per heavy atom. The first kappa shape index (κ1) is 30.8. The number of fused-ring (bicyclic) bond motifs is 2. The number of anilines is 1. The number of carbonyl (C=O) groups is 2. The van der Waals surface area contributed by atoms with Crippen LogP contribution in [0.25, 0.3) is 0 Å². The molecule has 1 saturated heterocycles. The number of benzene rings is 2. The average molecular weight is 588 g/mol. The van der Waals surface area contributed by atoms with E-state index in [1.807, 2.05) is 6.07 Å². The summed E-state index contributed by atoms with van der Waals surface area (Å²) in [4.78, 5) is 27.7. The van der Waals surface area contributed by atoms with Crippen LogP contribution in [0.4, 0.5) is 10.1 Å². The highest BCUT2D eigenvalue weighted by Gasteiger charge is 2.65. The van der Waals surface area contributed by atoms with E-state index < -0.39 is 35.3 Å². The number of Topliss-reactive ketones (excluding diaryl/α,β-unsaturated/α-hetero) is 1. The minimum absolute atomic E-state index is 0. The van der Waals surface area contributed by atoms with Crippen LogP contribution in [0.3, 0.4) is 0 Å². The summed E-state index contributed by atoms with van der Waals surface area (Å²) >= 11 is 12.4. The van der Waals surface area contributed by atoms with Gasteiger partial charge in [0, 0.05) is 29.1 Å². The Balaban J connectivity index is 0.00000400. The summed E-state index contributed by atoms with van der Waals surface area (Å²) in [5.41, 5.74) is 0.375. The molecular weight excluding hydrogens is 554 g/mol. The first-order chi connectivity index (χ1) is 17.6. The van der Waals surface area contributed by atoms with E-state index in [0.717, 1.165) is 6.42 Å². The van der Waals surface area contributed by atoms with Crippen molar-refractivity contribution in [2.75, 3.05) is 11.9 Å². The van der Waals surface area contributed by atoms with Gasteiger partial charge in [-0.25, -0.2) is 4.39 Å². The normalized spacial score (nSPS) is 24.8. The zero-order valence-electron chi connectivity index (χ0n) is 21.3. The summed E-state index contributed by atoms with van der Waals surface area (Å²) in [7, 11) is 0. The minimum Gasteiger partial charge on any atom is -0.394 e. The predicted octanol–water partition coefficient (Wildman–Crippen LogP) is 5.40. The molecule has 6 nitrogen and oxygen atoms in total. The Labute approximate surface area is 238 Å². The molecule has 2 aliphatic rings. The van der Waals surface area contributed by atoms with Gasteiger partial charge >= 0.3 is 0 Å². The van der Waals surface area contributed by atoms with E-state index in [1.165, 1.54) is 12.1 Å². The molecule has 4 N–H and O–H groups in total. The van der Waals surface area contributed by atoms with Crippen molar-refractivity contribution in [2.24, 2.45) is 5.92 Å². The van der Waals surface area contributed by atoms with Crippen LogP contribution in [0.15, 0.2) is 36.4 Å². The molecule has 2 heterocycles. The van der Waals surface area contributed by atoms with Crippen molar-refractivity contribution >= 4 is 53.0 Å². The summed E-state index contributed by atoms with van der Waals surface area (Å²) in [6.45, 7) is 3.81. The molecule has 0 aliphatic carbocycles. The number of aliphatic hydroxyl groups is 2. The lowest BCUT2D eigenvalue weighted by molar-refractivity contribution is -0.122. The molecule has 208 valence electrons. The summed E-state index contributed by atoms with van der Waals surface area (Å²) < 4.78 is 14.9. The number of nitrogens with one attached hydrogen (secondary N) is 2. The lowest BCUT2D eigenvalue weighted by Crippen LogP contribution is -2.48. The number of ketones is 1. The smallest absolute Gasteiger partial charge is 0.237 e. The van der Waals surface area contributed by atoms with Gasteiger partial charge in [-0.15, -0.1) is 12.4 Å². The number of hydrogen-bond donors (Lipinski definition) is 4. The van der Waals surface area contributed by atoms with Crippen molar-refractivity contribution in [3.05, 3.63) is 63.4 Å². The van der Waals surface area contributed by atoms with Gasteiger partial charge in [0.15, 0.2) is 0 Å². The van der Waals surface area contributed by atoms with E-state index in [-0.39, 0.29) is 48.6 Å². The first-order valence-corrected chi connectivity index (χ1v) is 13.5. The molecule has 4 rings (SSSR count). The molecule has 2 aromatic carbocycles. The summed E-state index contributed by atoms with van der Waals surface area (Å²) in [5, 5.41) is 25.6. The highest BCUT2D eigenvalue weighted by atomic mass is 35.5. The maximum Gasteiger partial charge on any atom is 0.237 e. The van der Waals surface area contributed by atoms with Crippen molar-refractivity contribution in [3.63, 3.8) is 0 Å². The van der Waals surface area contributed by atoms with Gasteiger partial charge in [-0.05, 0) is 67.0 Å². The minimum atomic E-state index is -1.26. The fourth-order valence-electron chi connectivity index (χ4n) is 5.92. The SMILES string of the molecule is CC(C)CC[C@H]1N[C@@H](C(=O)CCC[C@H](O)CO)[C@H](c2cccc(Cl)c2)[C@@]12C(=O)Nc1cc(Cl)c(F)cc12.Cl. The molecule has 0 saturated carbocycles. The Kier molecular flexibility index (Phi) is 10.2. The number of carbonyl (C=O) groups excluding carboxylic acids is 2. The van der Waals surface area contributed by atoms with Crippen molar-refractivity contribution in [1.29, 1.82) is 0 Å². The van der Waals surface area contributed by atoms with Crippen LogP contribution < -0.4 is 10.6 Å². The van der Waals surface area contributed by atoms with Crippen LogP contribution in [0.1, 0.15) is 63.0 Å². The fraction of sp³-hybridized carbons (Fsp3) is 0.500. The van der Waals surface area contributed by atoms with E-state index in [2.05, 4.69) is 24.5 Å². The zero-order chi connectivity index (χ0) is 26.9. The first-order valence-electron chi connectivity index (χ1n) is 12.7. The van der Waals surface area contributed by atoms with Crippen LogP contribution in [0, 0.1) is 11.7 Å². The second kappa shape index (κ2) is 12.6. The highest BCUT2D eigenvalue weighted by Crippen LogP contribution is 2.56. The third kappa shape index (κ3) is 5.74. The van der Waals surface area contributed by atoms with Gasteiger partial charge in [-0.1, -0.05) is 49.2 Å². The molecule has 1 spiro atoms. The van der Waals surface area contributed by atoms with E-state index in [4.69, 9.17) is 28.3 Å². The van der Waals surface area contributed by atoms with Gasteiger partial charge in [0.25, 0.3) is 0 Å². The number of aliphatic hydroxyl groups excluding tert-OH is 2. The van der Waals surface area contributed by atoms with Crippen molar-refractivity contribution in [1.82, 2.24) is 5.32 Å². The molecule has 5 atom stereocenters. The topological polar surface area (TPSA) is 98.7 Å². The number of halogens is 4. The molecule has 0 bridgehead atoms. The molecule has 2 aromatic rings. The second-order valence-corrected chi connectivity index (χ2v) is 11.4. The Morgan fingerprint density at radius 1 is 1.18 bits per heavy atom. The highest BCUT2D eigenvalue weighted by molar-refractivity contribution is 6.31. The summed E-state index contributed by atoms with van der Waals surface area (Å²) in [5.74, 6) is -1.35. The Morgan fingerprint density at radius 2 is 1.92 bits per heavy atom. The van der Waals surface area contributed by atoms with E-state index >= 15 is 0 Å². The quantitative estimate of drug-likeness (QED) is 0.299. The number of rotatable bonds is 10.